The summed E-state index contributed by atoms with van der Waals surface area (Å²) in [6.45, 7) is 7.70. The molecule has 0 atom stereocenters. The summed E-state index contributed by atoms with van der Waals surface area (Å²) in [4.78, 5) is 0. The van der Waals surface area contributed by atoms with Gasteiger partial charge in [0.2, 0.25) is 0 Å². The van der Waals surface area contributed by atoms with Crippen molar-refractivity contribution in [2.45, 2.75) is 27.2 Å². The lowest BCUT2D eigenvalue weighted by atomic mass is 10.2. The summed E-state index contributed by atoms with van der Waals surface area (Å²) in [5.41, 5.74) is 8.93. The maximum absolute atomic E-state index is 6.03. The Morgan fingerprint density at radius 1 is 1.41 bits per heavy atom. The van der Waals surface area contributed by atoms with E-state index in [0.717, 1.165) is 24.4 Å². The van der Waals surface area contributed by atoms with Crippen molar-refractivity contribution < 1.29 is 4.74 Å². The fraction of sp³-hybridized carbons (Fsp3) is 0.429. The Balaban J connectivity index is 2.69. The van der Waals surface area contributed by atoms with E-state index in [9.17, 15) is 0 Å². The van der Waals surface area contributed by atoms with Crippen molar-refractivity contribution in [3.63, 3.8) is 0 Å². The number of nitrogen functional groups attached to an aromatic ring is 1. The van der Waals surface area contributed by atoms with Crippen LogP contribution < -0.4 is 15.8 Å². The molecule has 94 valence electrons. The topological polar surface area (TPSA) is 47.3 Å². The molecule has 3 N–H and O–H groups in total. The minimum atomic E-state index is 0.683. The highest BCUT2D eigenvalue weighted by molar-refractivity contribution is 5.73. The number of nitrogens with one attached hydrogen (secondary N) is 1. The lowest BCUT2D eigenvalue weighted by molar-refractivity contribution is 0.319. The number of rotatable bonds is 6. The second-order valence-corrected chi connectivity index (χ2v) is 4.23. The molecule has 0 aromatic heterocycles. The summed E-state index contributed by atoms with van der Waals surface area (Å²) >= 11 is 0. The molecule has 0 aliphatic rings. The number of benzene rings is 1. The zero-order valence-electron chi connectivity index (χ0n) is 10.9. The molecule has 0 aliphatic heterocycles. The Labute approximate surface area is 104 Å². The molecule has 0 spiro atoms. The first kappa shape index (κ1) is 13.4. The zero-order valence-corrected chi connectivity index (χ0v) is 10.9. The van der Waals surface area contributed by atoms with E-state index in [4.69, 9.17) is 10.5 Å². The van der Waals surface area contributed by atoms with Gasteiger partial charge in [-0.25, -0.2) is 0 Å². The fourth-order valence-corrected chi connectivity index (χ4v) is 1.40. The van der Waals surface area contributed by atoms with Crippen LogP contribution in [0.25, 0.3) is 0 Å². The minimum Gasteiger partial charge on any atom is -0.491 e. The molecule has 17 heavy (non-hydrogen) atoms. The minimum absolute atomic E-state index is 0.683. The molecule has 0 amide bonds. The first-order valence-corrected chi connectivity index (χ1v) is 6.03. The average Bonchev–Trinajstić information content (AvgIpc) is 2.29. The summed E-state index contributed by atoms with van der Waals surface area (Å²) in [6, 6.07) is 5.82. The monoisotopic (exact) mass is 234 g/mol. The van der Waals surface area contributed by atoms with Crippen LogP contribution in [0.3, 0.4) is 0 Å². The van der Waals surface area contributed by atoms with Gasteiger partial charge in [0.05, 0.1) is 18.0 Å². The second kappa shape index (κ2) is 6.84. The Morgan fingerprint density at radius 3 is 2.82 bits per heavy atom. The van der Waals surface area contributed by atoms with E-state index < -0.39 is 0 Å². The van der Waals surface area contributed by atoms with Gasteiger partial charge < -0.3 is 15.8 Å². The predicted molar refractivity (Wildman–Crippen MR) is 74.6 cm³/mol. The largest absolute Gasteiger partial charge is 0.491 e. The van der Waals surface area contributed by atoms with Crippen molar-refractivity contribution in [1.82, 2.24) is 0 Å². The number of ether oxygens (including phenoxy) is 1. The van der Waals surface area contributed by atoms with Gasteiger partial charge in [-0.05, 0) is 32.4 Å². The molecule has 1 aromatic rings. The number of anilines is 2. The molecular formula is C14H22N2O. The van der Waals surface area contributed by atoms with Gasteiger partial charge in [0.15, 0.2) is 0 Å². The quantitative estimate of drug-likeness (QED) is 0.585. The lowest BCUT2D eigenvalue weighted by Gasteiger charge is -2.12. The fourth-order valence-electron chi connectivity index (χ4n) is 1.40. The molecule has 1 aromatic carbocycles. The molecule has 0 unspecified atom stereocenters. The molecule has 0 saturated carbocycles. The van der Waals surface area contributed by atoms with Crippen molar-refractivity contribution in [2.24, 2.45) is 0 Å². The van der Waals surface area contributed by atoms with Crippen molar-refractivity contribution in [3.05, 3.63) is 29.8 Å². The Morgan fingerprint density at radius 2 is 2.18 bits per heavy atom. The van der Waals surface area contributed by atoms with Crippen molar-refractivity contribution in [2.75, 3.05) is 24.2 Å². The summed E-state index contributed by atoms with van der Waals surface area (Å²) < 4.78 is 5.57. The second-order valence-electron chi connectivity index (χ2n) is 4.23. The van der Waals surface area contributed by atoms with E-state index in [1.54, 1.807) is 0 Å². The number of nitrogens with two attached hydrogens (primary N) is 1. The first-order chi connectivity index (χ1) is 8.15. The van der Waals surface area contributed by atoms with E-state index in [0.29, 0.717) is 12.3 Å². The Kier molecular flexibility index (Phi) is 5.40. The number of hydrogen-bond acceptors (Lipinski definition) is 3. The van der Waals surface area contributed by atoms with Gasteiger partial charge >= 0.3 is 0 Å². The molecule has 3 heteroatoms. The van der Waals surface area contributed by atoms with Gasteiger partial charge in [-0.1, -0.05) is 24.6 Å². The maximum atomic E-state index is 6.03. The Hall–Kier alpha value is -1.64. The third-order valence-corrected chi connectivity index (χ3v) is 2.33. The van der Waals surface area contributed by atoms with E-state index in [2.05, 4.69) is 32.2 Å². The van der Waals surface area contributed by atoms with Crippen LogP contribution in [0.4, 0.5) is 11.4 Å². The summed E-state index contributed by atoms with van der Waals surface area (Å²) in [6.07, 6.45) is 3.11. The normalized spacial score (nSPS) is 9.82. The van der Waals surface area contributed by atoms with Crippen LogP contribution in [-0.4, -0.2) is 13.2 Å². The third kappa shape index (κ3) is 4.39. The summed E-state index contributed by atoms with van der Waals surface area (Å²) in [5.74, 6) is 0.758. The number of para-hydroxylation sites is 1. The number of allylic oxidation sites excluding steroid dienone is 1. The van der Waals surface area contributed by atoms with Crippen molar-refractivity contribution >= 4 is 11.4 Å². The van der Waals surface area contributed by atoms with Gasteiger partial charge in [0.1, 0.15) is 5.75 Å². The molecule has 0 heterocycles. The van der Waals surface area contributed by atoms with Crippen LogP contribution in [0, 0.1) is 0 Å². The smallest absolute Gasteiger partial charge is 0.144 e. The van der Waals surface area contributed by atoms with Gasteiger partial charge in [-0.15, -0.1) is 0 Å². The van der Waals surface area contributed by atoms with Gasteiger partial charge in [-0.2, -0.15) is 0 Å². The molecular weight excluding hydrogens is 212 g/mol. The molecule has 0 fully saturated rings. The maximum Gasteiger partial charge on any atom is 0.144 e. The van der Waals surface area contributed by atoms with E-state index in [-0.39, 0.29) is 0 Å². The van der Waals surface area contributed by atoms with E-state index in [1.807, 2.05) is 18.2 Å². The lowest BCUT2D eigenvalue weighted by Crippen LogP contribution is -2.05. The van der Waals surface area contributed by atoms with Gasteiger partial charge in [0, 0.05) is 6.54 Å². The highest BCUT2D eigenvalue weighted by Gasteiger charge is 2.04. The molecule has 0 bridgehead atoms. The molecule has 0 saturated heterocycles. The van der Waals surface area contributed by atoms with Gasteiger partial charge in [0.25, 0.3) is 0 Å². The standard InChI is InChI=1S/C14H22N2O/c1-4-10-17-13-7-5-6-12(14(13)15)16-9-8-11(2)3/h5-8,16H,4,9-10,15H2,1-3H3. The van der Waals surface area contributed by atoms with E-state index in [1.165, 1.54) is 5.57 Å². The van der Waals surface area contributed by atoms with Crippen molar-refractivity contribution in [1.29, 1.82) is 0 Å². The Bertz CT molecular complexity index is 382. The molecule has 0 radical (unpaired) electrons. The summed E-state index contributed by atoms with van der Waals surface area (Å²) in [7, 11) is 0. The highest BCUT2D eigenvalue weighted by Crippen LogP contribution is 2.29. The summed E-state index contributed by atoms with van der Waals surface area (Å²) in [5, 5.41) is 3.28. The zero-order chi connectivity index (χ0) is 12.7. The third-order valence-electron chi connectivity index (χ3n) is 2.33. The van der Waals surface area contributed by atoms with Crippen LogP contribution in [0.1, 0.15) is 27.2 Å². The van der Waals surface area contributed by atoms with Crippen LogP contribution in [0.5, 0.6) is 5.75 Å². The SMILES string of the molecule is CCCOc1cccc(NCC=C(C)C)c1N. The molecule has 0 aliphatic carbocycles. The molecule has 3 nitrogen and oxygen atoms in total. The van der Waals surface area contributed by atoms with Crippen LogP contribution in [-0.2, 0) is 0 Å². The first-order valence-electron chi connectivity index (χ1n) is 6.03. The van der Waals surface area contributed by atoms with Crippen molar-refractivity contribution in [3.8, 4) is 5.75 Å². The predicted octanol–water partition coefficient (Wildman–Crippen LogP) is 3.44. The van der Waals surface area contributed by atoms with Crippen LogP contribution in [0.2, 0.25) is 0 Å². The highest BCUT2D eigenvalue weighted by atomic mass is 16.5. The molecule has 1 rings (SSSR count). The average molecular weight is 234 g/mol. The number of hydrogen-bond donors (Lipinski definition) is 2. The van der Waals surface area contributed by atoms with E-state index >= 15 is 0 Å². The van der Waals surface area contributed by atoms with Gasteiger partial charge in [-0.3, -0.25) is 0 Å². The van der Waals surface area contributed by atoms with Crippen LogP contribution in [0.15, 0.2) is 29.8 Å². The van der Waals surface area contributed by atoms with Crippen LogP contribution >= 0.6 is 0 Å².